The van der Waals surface area contributed by atoms with Gasteiger partial charge in [-0.3, -0.25) is 4.57 Å². The van der Waals surface area contributed by atoms with E-state index in [9.17, 15) is 13.3 Å². The van der Waals surface area contributed by atoms with Crippen LogP contribution in [0.3, 0.4) is 0 Å². The molecule has 0 aromatic carbocycles. The molecule has 0 aliphatic rings. The molecule has 0 radical (unpaired) electrons. The van der Waals surface area contributed by atoms with Crippen molar-refractivity contribution in [3.8, 4) is 0 Å². The Bertz CT molecular complexity index is 268. The molecule has 110 valence electrons. The summed E-state index contributed by atoms with van der Waals surface area (Å²) in [6.07, 6.45) is -0.565. The van der Waals surface area contributed by atoms with Crippen LogP contribution < -0.4 is 0 Å². The molecule has 0 aliphatic heterocycles. The van der Waals surface area contributed by atoms with Crippen molar-refractivity contribution in [2.45, 2.75) is 44.3 Å². The average molecular weight is 306 g/mol. The maximum absolute atomic E-state index is 13.7. The Kier molecular flexibility index (Phi) is 8.41. The van der Waals surface area contributed by atoms with Crippen LogP contribution in [0.2, 0.25) is 6.04 Å². The summed E-state index contributed by atoms with van der Waals surface area (Å²) in [4.78, 5) is 0. The second-order valence-corrected chi connectivity index (χ2v) is 7.91. The molecule has 0 rings (SSSR count). The van der Waals surface area contributed by atoms with Crippen LogP contribution in [0.1, 0.15) is 26.7 Å². The number of hydrogen-bond acceptors (Lipinski definition) is 5. The van der Waals surface area contributed by atoms with E-state index >= 15 is 0 Å². The molecule has 18 heavy (non-hydrogen) atoms. The van der Waals surface area contributed by atoms with Gasteiger partial charge in [0.1, 0.15) is 5.91 Å². The SMILES string of the molecule is CCOP(=O)(OCC)C(F)(F)CCC[SiH2]C(O)O. The quantitative estimate of drug-likeness (QED) is 0.277. The molecule has 0 aromatic rings. The van der Waals surface area contributed by atoms with Gasteiger partial charge in [-0.05, 0) is 20.3 Å². The van der Waals surface area contributed by atoms with E-state index in [1.807, 2.05) is 0 Å². The summed E-state index contributed by atoms with van der Waals surface area (Å²) >= 11 is 0. The molecular formula is C9H21F2O5PSi. The van der Waals surface area contributed by atoms with Crippen molar-refractivity contribution < 1.29 is 32.6 Å². The first-order valence-electron chi connectivity index (χ1n) is 5.92. The summed E-state index contributed by atoms with van der Waals surface area (Å²) in [5, 5.41) is 17.3. The van der Waals surface area contributed by atoms with Crippen molar-refractivity contribution in [1.82, 2.24) is 0 Å². The zero-order chi connectivity index (χ0) is 14.2. The first-order valence-corrected chi connectivity index (χ1v) is 9.28. The van der Waals surface area contributed by atoms with Gasteiger partial charge in [0.15, 0.2) is 0 Å². The van der Waals surface area contributed by atoms with Gasteiger partial charge in [0.2, 0.25) is 0 Å². The molecular weight excluding hydrogens is 285 g/mol. The summed E-state index contributed by atoms with van der Waals surface area (Å²) < 4.78 is 48.6. The summed E-state index contributed by atoms with van der Waals surface area (Å²) in [5.74, 6) is -1.37. The summed E-state index contributed by atoms with van der Waals surface area (Å²) in [6, 6.07) is 0.339. The molecule has 0 heterocycles. The Morgan fingerprint density at radius 2 is 1.78 bits per heavy atom. The fourth-order valence-corrected chi connectivity index (χ4v) is 3.84. The summed E-state index contributed by atoms with van der Waals surface area (Å²) in [5.41, 5.74) is -3.53. The van der Waals surface area contributed by atoms with Crippen LogP contribution in [0.5, 0.6) is 0 Å². The maximum atomic E-state index is 13.7. The van der Waals surface area contributed by atoms with Crippen LogP contribution in [0.25, 0.3) is 0 Å². The van der Waals surface area contributed by atoms with Crippen molar-refractivity contribution in [1.29, 1.82) is 0 Å². The molecule has 0 amide bonds. The molecule has 9 heteroatoms. The fraction of sp³-hybridized carbons (Fsp3) is 1.00. The number of hydrogen-bond donors (Lipinski definition) is 2. The van der Waals surface area contributed by atoms with Crippen LogP contribution in [-0.2, 0) is 13.6 Å². The van der Waals surface area contributed by atoms with Gasteiger partial charge in [-0.2, -0.15) is 8.78 Å². The smallest absolute Gasteiger partial charge is 0.373 e. The minimum atomic E-state index is -4.43. The normalized spacial score (nSPS) is 13.9. The highest BCUT2D eigenvalue weighted by molar-refractivity contribution is 7.55. The van der Waals surface area contributed by atoms with Gasteiger partial charge in [-0.15, -0.1) is 0 Å². The first kappa shape index (κ1) is 18.1. The van der Waals surface area contributed by atoms with Gasteiger partial charge >= 0.3 is 13.3 Å². The van der Waals surface area contributed by atoms with Gasteiger partial charge in [0.05, 0.1) is 22.7 Å². The zero-order valence-electron chi connectivity index (χ0n) is 10.6. The van der Waals surface area contributed by atoms with E-state index < -0.39 is 35.1 Å². The minimum absolute atomic E-state index is 0.0704. The first-order chi connectivity index (χ1) is 8.29. The van der Waals surface area contributed by atoms with Crippen molar-refractivity contribution in [2.75, 3.05) is 13.2 Å². The van der Waals surface area contributed by atoms with E-state index in [0.29, 0.717) is 6.04 Å². The molecule has 0 spiro atoms. The molecule has 0 saturated carbocycles. The molecule has 0 fully saturated rings. The third kappa shape index (κ3) is 5.86. The van der Waals surface area contributed by atoms with E-state index in [0.717, 1.165) is 0 Å². The van der Waals surface area contributed by atoms with E-state index in [4.69, 9.17) is 10.2 Å². The molecule has 0 atom stereocenters. The summed E-state index contributed by atoms with van der Waals surface area (Å²) in [6.45, 7) is 2.71. The van der Waals surface area contributed by atoms with E-state index in [-0.39, 0.29) is 19.6 Å². The lowest BCUT2D eigenvalue weighted by atomic mass is 10.3. The fourth-order valence-electron chi connectivity index (χ4n) is 1.37. The highest BCUT2D eigenvalue weighted by Gasteiger charge is 2.52. The van der Waals surface area contributed by atoms with Gasteiger partial charge in [-0.25, -0.2) is 0 Å². The topological polar surface area (TPSA) is 76.0 Å². The molecule has 5 nitrogen and oxygen atoms in total. The van der Waals surface area contributed by atoms with Gasteiger partial charge < -0.3 is 19.3 Å². The third-order valence-electron chi connectivity index (χ3n) is 2.19. The highest BCUT2D eigenvalue weighted by Crippen LogP contribution is 2.63. The van der Waals surface area contributed by atoms with Crippen molar-refractivity contribution in [3.05, 3.63) is 0 Å². The molecule has 2 N–H and O–H groups in total. The second kappa shape index (κ2) is 8.34. The van der Waals surface area contributed by atoms with Crippen molar-refractivity contribution in [3.63, 3.8) is 0 Å². The maximum Gasteiger partial charge on any atom is 0.399 e. The van der Waals surface area contributed by atoms with Crippen LogP contribution in [0, 0.1) is 0 Å². The number of halogens is 2. The van der Waals surface area contributed by atoms with E-state index in [1.165, 1.54) is 13.8 Å². The summed E-state index contributed by atoms with van der Waals surface area (Å²) in [7, 11) is -5.61. The lowest BCUT2D eigenvalue weighted by molar-refractivity contribution is 0.0256. The van der Waals surface area contributed by atoms with Gasteiger partial charge in [0.25, 0.3) is 0 Å². The van der Waals surface area contributed by atoms with Crippen LogP contribution in [-0.4, -0.2) is 44.5 Å². The predicted octanol–water partition coefficient (Wildman–Crippen LogP) is 1.48. The standard InChI is InChI=1S/C9H21F2O5PSi/c1-3-15-17(14,16-4-2)9(10,11)6-5-7-18-8(12)13/h8,12-13H,3-7,18H2,1-2H3. The Hall–Kier alpha value is 0.147. The van der Waals surface area contributed by atoms with Crippen molar-refractivity contribution >= 4 is 17.1 Å². The van der Waals surface area contributed by atoms with Crippen molar-refractivity contribution in [2.24, 2.45) is 0 Å². The largest absolute Gasteiger partial charge is 0.399 e. The number of aliphatic hydroxyl groups excluding tert-OH is 1. The molecule has 0 saturated heterocycles. The molecule has 0 aromatic heterocycles. The van der Waals surface area contributed by atoms with Gasteiger partial charge in [0, 0.05) is 6.42 Å². The van der Waals surface area contributed by atoms with E-state index in [1.54, 1.807) is 0 Å². The molecule has 0 unspecified atom stereocenters. The lowest BCUT2D eigenvalue weighted by Gasteiger charge is -2.25. The van der Waals surface area contributed by atoms with Crippen LogP contribution in [0.15, 0.2) is 0 Å². The Morgan fingerprint density at radius 3 is 2.17 bits per heavy atom. The minimum Gasteiger partial charge on any atom is -0.373 e. The number of rotatable bonds is 10. The Morgan fingerprint density at radius 1 is 1.28 bits per heavy atom. The number of aliphatic hydroxyl groups is 2. The Balaban J connectivity index is 4.41. The predicted molar refractivity (Wildman–Crippen MR) is 66.6 cm³/mol. The van der Waals surface area contributed by atoms with Crippen LogP contribution in [0.4, 0.5) is 8.78 Å². The Labute approximate surface area is 108 Å². The van der Waals surface area contributed by atoms with Crippen LogP contribution >= 0.6 is 7.60 Å². The molecule has 0 aliphatic carbocycles. The highest BCUT2D eigenvalue weighted by atomic mass is 31.2. The zero-order valence-corrected chi connectivity index (χ0v) is 13.0. The monoisotopic (exact) mass is 306 g/mol. The average Bonchev–Trinajstić information content (AvgIpc) is 2.24. The third-order valence-corrected chi connectivity index (χ3v) is 5.83. The van der Waals surface area contributed by atoms with E-state index in [2.05, 4.69) is 9.05 Å². The second-order valence-electron chi connectivity index (χ2n) is 3.73. The van der Waals surface area contributed by atoms with Gasteiger partial charge in [-0.1, -0.05) is 6.04 Å². The number of alkyl halides is 2. The lowest BCUT2D eigenvalue weighted by Crippen LogP contribution is -2.21. The molecule has 0 bridgehead atoms.